The number of carbonyl (C=O) groups is 8. The highest BCUT2D eigenvalue weighted by Crippen LogP contribution is 2.21. The number of aryl methyl sites for hydroxylation is 1. The van der Waals surface area contributed by atoms with Gasteiger partial charge in [0.05, 0.1) is 31.9 Å². The van der Waals surface area contributed by atoms with Crippen LogP contribution >= 0.6 is 0 Å². The number of carboxylic acid groups (broad SMARTS) is 6. The zero-order valence-electron chi connectivity index (χ0n) is 31.4. The maximum absolute atomic E-state index is 14.1. The van der Waals surface area contributed by atoms with Crippen molar-refractivity contribution in [2.45, 2.75) is 76.3 Å². The molecule has 0 aliphatic carbocycles. The second-order valence-corrected chi connectivity index (χ2v) is 13.2. The second-order valence-electron chi connectivity index (χ2n) is 13.2. The first-order valence-electron chi connectivity index (χ1n) is 18.2. The highest BCUT2D eigenvalue weighted by molar-refractivity contribution is 6.41. The van der Waals surface area contributed by atoms with Crippen molar-refractivity contribution in [1.82, 2.24) is 24.9 Å². The Labute approximate surface area is 331 Å². The van der Waals surface area contributed by atoms with Gasteiger partial charge in [-0.25, -0.2) is 0 Å². The van der Waals surface area contributed by atoms with E-state index in [0.29, 0.717) is 24.3 Å². The summed E-state index contributed by atoms with van der Waals surface area (Å²) in [5.74, 6) is -9.03. The number of aliphatic carboxylic acids is 6. The number of aromatic nitrogens is 1. The summed E-state index contributed by atoms with van der Waals surface area (Å²) in [4.78, 5) is 98.3. The van der Waals surface area contributed by atoms with Crippen LogP contribution in [0.1, 0.15) is 69.2 Å². The van der Waals surface area contributed by atoms with Crippen LogP contribution in [0.4, 0.5) is 8.63 Å². The Morgan fingerprint density at radius 1 is 0.672 bits per heavy atom. The summed E-state index contributed by atoms with van der Waals surface area (Å²) >= 11 is 0. The van der Waals surface area contributed by atoms with Crippen LogP contribution in [-0.2, 0) is 44.8 Å². The van der Waals surface area contributed by atoms with E-state index in [0.717, 1.165) is 14.3 Å². The van der Waals surface area contributed by atoms with E-state index in [-0.39, 0.29) is 81.8 Å². The normalized spacial score (nSPS) is 13.9. The van der Waals surface area contributed by atoms with Crippen LogP contribution < -0.4 is 10.6 Å². The molecule has 2 heterocycles. The molecule has 1 aliphatic heterocycles. The predicted octanol–water partition coefficient (Wildman–Crippen LogP) is 0.746. The monoisotopic (exact) mass is 824 g/mol. The van der Waals surface area contributed by atoms with Crippen LogP contribution in [0.5, 0.6) is 0 Å². The van der Waals surface area contributed by atoms with Crippen LogP contribution in [0.25, 0.3) is 6.08 Å². The average molecular weight is 825 g/mol. The summed E-state index contributed by atoms with van der Waals surface area (Å²) in [6.45, 7) is -2.77. The Hall–Kier alpha value is -5.97. The zero-order chi connectivity index (χ0) is 43.4. The molecule has 1 aromatic heterocycles. The van der Waals surface area contributed by atoms with Crippen molar-refractivity contribution in [3.63, 3.8) is 0 Å². The smallest absolute Gasteiger partial charge is 0.480 e. The minimum atomic E-state index is -2.94. The highest BCUT2D eigenvalue weighted by atomic mass is 19.2. The number of nitrogens with zero attached hydrogens (tertiary/aromatic N) is 4. The van der Waals surface area contributed by atoms with Gasteiger partial charge in [0.15, 0.2) is 0 Å². The fourth-order valence-electron chi connectivity index (χ4n) is 6.07. The quantitative estimate of drug-likeness (QED) is 0.0392. The first-order valence-corrected chi connectivity index (χ1v) is 18.2. The largest absolute Gasteiger partial charge is 0.677 e. The van der Waals surface area contributed by atoms with E-state index < -0.39 is 87.4 Å². The summed E-state index contributed by atoms with van der Waals surface area (Å²) in [7, 11) is -2.94. The number of unbranched alkanes of at least 4 members (excludes halogenated alkanes) is 2. The van der Waals surface area contributed by atoms with Crippen molar-refractivity contribution >= 4 is 66.8 Å². The predicted molar refractivity (Wildman–Crippen MR) is 200 cm³/mol. The lowest BCUT2D eigenvalue weighted by Crippen LogP contribution is -2.46. The zero-order valence-corrected chi connectivity index (χ0v) is 31.4. The van der Waals surface area contributed by atoms with Gasteiger partial charge in [-0.2, -0.15) is 0 Å². The SMILES string of the molecule is O=C(O)CN(CC(=O)O)C(CCCCNC(=O)CCC1=N/C(=C\c2ccc(CCC(=O)NCCCCC(C(=O)O)N(CC(=O)O)CC(=O)O)n2B(F)F)C=C1)C(=O)O. The first-order chi connectivity index (χ1) is 27.4. The lowest BCUT2D eigenvalue weighted by molar-refractivity contribution is -0.152. The van der Waals surface area contributed by atoms with Gasteiger partial charge in [-0.15, -0.1) is 0 Å². The number of amides is 2. The van der Waals surface area contributed by atoms with Crippen LogP contribution in [0, 0.1) is 0 Å². The van der Waals surface area contributed by atoms with E-state index in [1.54, 1.807) is 12.2 Å². The molecule has 2 unspecified atom stereocenters. The third-order valence-electron chi connectivity index (χ3n) is 8.72. The third-order valence-corrected chi connectivity index (χ3v) is 8.72. The summed E-state index contributed by atoms with van der Waals surface area (Å²) in [6, 6.07) is 0.210. The molecular formula is C35H47BF2N6O14. The molecule has 0 bridgehead atoms. The van der Waals surface area contributed by atoms with Crippen molar-refractivity contribution in [3.05, 3.63) is 41.4 Å². The lowest BCUT2D eigenvalue weighted by atomic mass is 10.1. The molecule has 0 radical (unpaired) electrons. The van der Waals surface area contributed by atoms with Gasteiger partial charge in [-0.1, -0.05) is 0 Å². The molecule has 20 nitrogen and oxygen atoms in total. The molecule has 2 rings (SSSR count). The number of allylic oxidation sites excluding steroid dienone is 2. The number of aliphatic imine (C=N–C) groups is 1. The van der Waals surface area contributed by atoms with Gasteiger partial charge >= 0.3 is 43.2 Å². The van der Waals surface area contributed by atoms with Gasteiger partial charge in [0.25, 0.3) is 0 Å². The van der Waals surface area contributed by atoms with Crippen molar-refractivity contribution in [2.75, 3.05) is 39.3 Å². The third kappa shape index (κ3) is 17.9. The lowest BCUT2D eigenvalue weighted by Gasteiger charge is -2.25. The number of rotatable bonds is 30. The van der Waals surface area contributed by atoms with E-state index in [2.05, 4.69) is 15.6 Å². The number of carbonyl (C=O) groups excluding carboxylic acids is 2. The molecule has 0 saturated carbocycles. The summed E-state index contributed by atoms with van der Waals surface area (Å²) in [5, 5.41) is 60.2. The van der Waals surface area contributed by atoms with Crippen molar-refractivity contribution in [1.29, 1.82) is 0 Å². The standard InChI is InChI=1S/C35H47BF2N6O14/c37-36(38)44-24(12-14-29(46)40-16-4-2-6-27(35(57)58)43(20-32(51)52)21-33(53)54)10-11-25(44)17-23-8-7-22(41-23)9-13-28(45)39-15-3-1-5-26(34(55)56)42(18-30(47)48)19-31(49)50/h7-8,10-11,17,26-27H,1-6,9,12-16,18-21H2,(H,39,45)(H,40,46)(H,47,48)(H,49,50)(H,51,52)(H,53,54)(H,55,56)(H,57,58)/b23-17-. The van der Waals surface area contributed by atoms with Crippen LogP contribution in [-0.4, -0.2) is 157 Å². The Bertz CT molecular complexity index is 1720. The molecule has 1 aliphatic rings. The molecule has 318 valence electrons. The molecule has 0 saturated heterocycles. The van der Waals surface area contributed by atoms with Crippen LogP contribution in [0.3, 0.4) is 0 Å². The maximum atomic E-state index is 14.1. The number of hydrogen-bond acceptors (Lipinski definition) is 11. The Morgan fingerprint density at radius 3 is 1.53 bits per heavy atom. The van der Waals surface area contributed by atoms with Gasteiger partial charge < -0.3 is 45.8 Å². The average Bonchev–Trinajstić information content (AvgIpc) is 3.74. The van der Waals surface area contributed by atoms with Gasteiger partial charge in [0.1, 0.15) is 12.1 Å². The molecule has 2 amide bonds. The van der Waals surface area contributed by atoms with E-state index in [1.807, 2.05) is 0 Å². The van der Waals surface area contributed by atoms with Gasteiger partial charge in [-0.05, 0) is 81.7 Å². The molecule has 23 heteroatoms. The van der Waals surface area contributed by atoms with Gasteiger partial charge in [-0.3, -0.25) is 61.8 Å². The highest BCUT2D eigenvalue weighted by Gasteiger charge is 2.30. The van der Waals surface area contributed by atoms with Crippen molar-refractivity contribution in [3.8, 4) is 0 Å². The Kier molecular flexibility index (Phi) is 20.5. The van der Waals surface area contributed by atoms with Crippen molar-refractivity contribution < 1.29 is 77.6 Å². The van der Waals surface area contributed by atoms with Crippen LogP contribution in [0.2, 0.25) is 0 Å². The maximum Gasteiger partial charge on any atom is 0.677 e. The second kappa shape index (κ2) is 24.6. The molecule has 0 spiro atoms. The van der Waals surface area contributed by atoms with Crippen molar-refractivity contribution in [2.24, 2.45) is 4.99 Å². The fraction of sp³-hybridized carbons (Fsp3) is 0.514. The molecule has 0 aromatic carbocycles. The van der Waals surface area contributed by atoms with E-state index in [4.69, 9.17) is 20.4 Å². The topological polar surface area (TPSA) is 306 Å². The molecule has 58 heavy (non-hydrogen) atoms. The van der Waals surface area contributed by atoms with E-state index in [1.165, 1.54) is 18.2 Å². The number of nitrogens with one attached hydrogen (secondary N) is 2. The summed E-state index contributed by atoms with van der Waals surface area (Å²) in [5.41, 5.74) is 1.18. The van der Waals surface area contributed by atoms with E-state index >= 15 is 0 Å². The van der Waals surface area contributed by atoms with E-state index in [9.17, 15) is 57.2 Å². The summed E-state index contributed by atoms with van der Waals surface area (Å²) in [6.07, 6.45) is 5.78. The van der Waals surface area contributed by atoms with Gasteiger partial charge in [0.2, 0.25) is 11.8 Å². The molecule has 0 fully saturated rings. The first kappa shape index (κ1) is 48.2. The molecule has 8 N–H and O–H groups in total. The van der Waals surface area contributed by atoms with Crippen LogP contribution in [0.15, 0.2) is 35.0 Å². The summed E-state index contributed by atoms with van der Waals surface area (Å²) < 4.78 is 29.0. The minimum absolute atomic E-state index is 0.0334. The number of carboxylic acids is 6. The number of hydrogen-bond donors (Lipinski definition) is 8. The molecule has 1 aromatic rings. The fourth-order valence-corrected chi connectivity index (χ4v) is 6.07. The Balaban J connectivity index is 1.82. The Morgan fingerprint density at radius 2 is 1.12 bits per heavy atom. The molecular weight excluding hydrogens is 777 g/mol. The minimum Gasteiger partial charge on any atom is -0.480 e. The van der Waals surface area contributed by atoms with Gasteiger partial charge in [0, 0.05) is 43.0 Å². The number of halogens is 2. The molecule has 2 atom stereocenters.